The zero-order valence-corrected chi connectivity index (χ0v) is 13.8. The monoisotopic (exact) mass is 338 g/mol. The van der Waals surface area contributed by atoms with E-state index in [2.05, 4.69) is 5.32 Å². The standard InChI is InChI=1S/C19H18N2O4/c1-13(25-16-5-2-4-14(10-16)12-20)19(22)21-15-6-7-17-18(11-15)24-9-3-8-23-17/h2,4-7,10-11,13H,3,8-9H2,1H3,(H,21,22). The first kappa shape index (κ1) is 16.7. The molecule has 1 unspecified atom stereocenters. The van der Waals surface area contributed by atoms with Crippen molar-refractivity contribution >= 4 is 11.6 Å². The van der Waals surface area contributed by atoms with Gasteiger partial charge in [0.05, 0.1) is 24.8 Å². The maximum Gasteiger partial charge on any atom is 0.265 e. The third kappa shape index (κ3) is 4.21. The van der Waals surface area contributed by atoms with E-state index in [0.29, 0.717) is 41.7 Å². The highest BCUT2D eigenvalue weighted by atomic mass is 16.5. The van der Waals surface area contributed by atoms with Gasteiger partial charge in [-0.25, -0.2) is 0 Å². The molecule has 0 bridgehead atoms. The number of amides is 1. The average Bonchev–Trinajstić information content (AvgIpc) is 2.86. The Labute approximate surface area is 145 Å². The molecule has 0 saturated carbocycles. The van der Waals surface area contributed by atoms with Gasteiger partial charge >= 0.3 is 0 Å². The molecule has 0 radical (unpaired) electrons. The number of anilines is 1. The summed E-state index contributed by atoms with van der Waals surface area (Å²) in [5.41, 5.74) is 1.09. The topological polar surface area (TPSA) is 80.6 Å². The Kier molecular flexibility index (Phi) is 5.05. The third-order valence-corrected chi connectivity index (χ3v) is 3.66. The minimum Gasteiger partial charge on any atom is -0.490 e. The molecule has 1 heterocycles. The number of nitrogens with one attached hydrogen (secondary N) is 1. The van der Waals surface area contributed by atoms with Crippen LogP contribution < -0.4 is 19.5 Å². The van der Waals surface area contributed by atoms with Gasteiger partial charge in [-0.1, -0.05) is 6.07 Å². The zero-order chi connectivity index (χ0) is 17.6. The quantitative estimate of drug-likeness (QED) is 0.926. The van der Waals surface area contributed by atoms with E-state index in [-0.39, 0.29) is 5.91 Å². The molecule has 0 aliphatic carbocycles. The second-order valence-electron chi connectivity index (χ2n) is 5.60. The van der Waals surface area contributed by atoms with Gasteiger partial charge in [0.2, 0.25) is 0 Å². The van der Waals surface area contributed by atoms with Crippen molar-refractivity contribution in [3.05, 3.63) is 48.0 Å². The molecule has 0 saturated heterocycles. The molecule has 25 heavy (non-hydrogen) atoms. The molecule has 128 valence electrons. The molecule has 0 aromatic heterocycles. The fraction of sp³-hybridized carbons (Fsp3) is 0.263. The van der Waals surface area contributed by atoms with Crippen molar-refractivity contribution in [3.63, 3.8) is 0 Å². The summed E-state index contributed by atoms with van der Waals surface area (Å²) >= 11 is 0. The average molecular weight is 338 g/mol. The smallest absolute Gasteiger partial charge is 0.265 e. The number of nitriles is 1. The molecule has 2 aromatic carbocycles. The highest BCUT2D eigenvalue weighted by Gasteiger charge is 2.17. The fourth-order valence-electron chi connectivity index (χ4n) is 2.38. The van der Waals surface area contributed by atoms with Crippen LogP contribution in [0, 0.1) is 11.3 Å². The summed E-state index contributed by atoms with van der Waals surface area (Å²) in [4.78, 5) is 12.3. The molecule has 1 amide bonds. The molecule has 3 rings (SSSR count). The Morgan fingerprint density at radius 3 is 2.80 bits per heavy atom. The van der Waals surface area contributed by atoms with Gasteiger partial charge < -0.3 is 19.5 Å². The highest BCUT2D eigenvalue weighted by Crippen LogP contribution is 2.32. The Morgan fingerprint density at radius 1 is 1.20 bits per heavy atom. The lowest BCUT2D eigenvalue weighted by atomic mass is 10.2. The van der Waals surface area contributed by atoms with Crippen molar-refractivity contribution in [1.29, 1.82) is 5.26 Å². The van der Waals surface area contributed by atoms with E-state index < -0.39 is 6.10 Å². The number of rotatable bonds is 4. The largest absolute Gasteiger partial charge is 0.490 e. The number of nitrogens with zero attached hydrogens (tertiary/aromatic N) is 1. The van der Waals surface area contributed by atoms with Gasteiger partial charge in [-0.05, 0) is 37.3 Å². The summed E-state index contributed by atoms with van der Waals surface area (Å²) in [5.74, 6) is 1.47. The van der Waals surface area contributed by atoms with Crippen LogP contribution in [0.25, 0.3) is 0 Å². The number of hydrogen-bond acceptors (Lipinski definition) is 5. The van der Waals surface area contributed by atoms with E-state index in [1.165, 1.54) is 0 Å². The molecule has 0 fully saturated rings. The summed E-state index contributed by atoms with van der Waals surface area (Å²) in [6, 6.07) is 14.0. The Hall–Kier alpha value is -3.20. The van der Waals surface area contributed by atoms with Crippen LogP contribution in [0.3, 0.4) is 0 Å². The van der Waals surface area contributed by atoms with E-state index >= 15 is 0 Å². The van der Waals surface area contributed by atoms with Gasteiger partial charge in [0, 0.05) is 18.2 Å². The zero-order valence-electron chi connectivity index (χ0n) is 13.8. The van der Waals surface area contributed by atoms with Crippen molar-refractivity contribution in [1.82, 2.24) is 0 Å². The van der Waals surface area contributed by atoms with E-state index in [1.807, 2.05) is 6.07 Å². The SMILES string of the molecule is CC(Oc1cccc(C#N)c1)C(=O)Nc1ccc2c(c1)OCCCO2. The summed E-state index contributed by atoms with van der Waals surface area (Å²) in [7, 11) is 0. The minimum absolute atomic E-state index is 0.295. The van der Waals surface area contributed by atoms with Crippen molar-refractivity contribution in [2.75, 3.05) is 18.5 Å². The predicted octanol–water partition coefficient (Wildman–Crippen LogP) is 3.13. The predicted molar refractivity (Wildman–Crippen MR) is 91.9 cm³/mol. The Balaban J connectivity index is 1.65. The lowest BCUT2D eigenvalue weighted by molar-refractivity contribution is -0.122. The molecule has 6 nitrogen and oxygen atoms in total. The summed E-state index contributed by atoms with van der Waals surface area (Å²) < 4.78 is 16.8. The summed E-state index contributed by atoms with van der Waals surface area (Å²) in [6.45, 7) is 2.85. The molecule has 2 aromatic rings. The van der Waals surface area contributed by atoms with Crippen LogP contribution in [-0.4, -0.2) is 25.2 Å². The van der Waals surface area contributed by atoms with E-state index in [4.69, 9.17) is 19.5 Å². The first-order valence-corrected chi connectivity index (χ1v) is 8.03. The van der Waals surface area contributed by atoms with Gasteiger partial charge in [0.1, 0.15) is 5.75 Å². The van der Waals surface area contributed by atoms with Crippen LogP contribution in [-0.2, 0) is 4.79 Å². The second-order valence-corrected chi connectivity index (χ2v) is 5.60. The van der Waals surface area contributed by atoms with E-state index in [9.17, 15) is 4.79 Å². The van der Waals surface area contributed by atoms with Crippen LogP contribution in [0.1, 0.15) is 18.9 Å². The first-order valence-electron chi connectivity index (χ1n) is 8.03. The number of carbonyl (C=O) groups is 1. The molecule has 1 aliphatic heterocycles. The highest BCUT2D eigenvalue weighted by molar-refractivity contribution is 5.94. The van der Waals surface area contributed by atoms with Crippen LogP contribution >= 0.6 is 0 Å². The van der Waals surface area contributed by atoms with Crippen molar-refractivity contribution < 1.29 is 19.0 Å². The summed E-state index contributed by atoms with van der Waals surface area (Å²) in [6.07, 6.45) is 0.105. The van der Waals surface area contributed by atoms with Crippen LogP contribution in [0.4, 0.5) is 5.69 Å². The lowest BCUT2D eigenvalue weighted by Gasteiger charge is -2.16. The number of carbonyl (C=O) groups excluding carboxylic acids is 1. The molecule has 1 atom stereocenters. The van der Waals surface area contributed by atoms with Gasteiger partial charge in [-0.3, -0.25) is 4.79 Å². The van der Waals surface area contributed by atoms with Gasteiger partial charge in [-0.2, -0.15) is 5.26 Å². The summed E-state index contributed by atoms with van der Waals surface area (Å²) in [5, 5.41) is 11.7. The van der Waals surface area contributed by atoms with Crippen molar-refractivity contribution in [2.45, 2.75) is 19.4 Å². The Bertz CT molecular complexity index is 813. The van der Waals surface area contributed by atoms with Gasteiger partial charge in [0.25, 0.3) is 5.91 Å². The lowest BCUT2D eigenvalue weighted by Crippen LogP contribution is -2.30. The maximum atomic E-state index is 12.3. The fourth-order valence-corrected chi connectivity index (χ4v) is 2.38. The molecule has 0 spiro atoms. The van der Waals surface area contributed by atoms with Crippen LogP contribution in [0.5, 0.6) is 17.2 Å². The number of hydrogen-bond donors (Lipinski definition) is 1. The molecule has 1 N–H and O–H groups in total. The van der Waals surface area contributed by atoms with Gasteiger partial charge in [-0.15, -0.1) is 0 Å². The van der Waals surface area contributed by atoms with Crippen LogP contribution in [0.15, 0.2) is 42.5 Å². The van der Waals surface area contributed by atoms with E-state index in [1.54, 1.807) is 49.4 Å². The number of benzene rings is 2. The normalized spacial score (nSPS) is 13.9. The van der Waals surface area contributed by atoms with Gasteiger partial charge in [0.15, 0.2) is 17.6 Å². The van der Waals surface area contributed by atoms with Crippen LogP contribution in [0.2, 0.25) is 0 Å². The number of ether oxygens (including phenoxy) is 3. The molecule has 6 heteroatoms. The minimum atomic E-state index is -0.718. The molecular weight excluding hydrogens is 320 g/mol. The number of fused-ring (bicyclic) bond motifs is 1. The molecular formula is C19H18N2O4. The van der Waals surface area contributed by atoms with Crippen molar-refractivity contribution in [3.8, 4) is 23.3 Å². The maximum absolute atomic E-state index is 12.3. The second kappa shape index (κ2) is 7.58. The van der Waals surface area contributed by atoms with Crippen molar-refractivity contribution in [2.24, 2.45) is 0 Å². The van der Waals surface area contributed by atoms with E-state index in [0.717, 1.165) is 6.42 Å². The third-order valence-electron chi connectivity index (χ3n) is 3.66. The molecule has 1 aliphatic rings. The first-order chi connectivity index (χ1) is 12.2. The Morgan fingerprint density at radius 2 is 2.00 bits per heavy atom.